The Hall–Kier alpha value is -1.20. The molecular formula is C12H9BrN2OS. The van der Waals surface area contributed by atoms with E-state index in [9.17, 15) is 4.79 Å². The van der Waals surface area contributed by atoms with Crippen molar-refractivity contribution in [2.75, 3.05) is 5.75 Å². The molecule has 0 aliphatic carbocycles. The van der Waals surface area contributed by atoms with Crippen molar-refractivity contribution < 1.29 is 4.79 Å². The minimum absolute atomic E-state index is 0.0770. The highest BCUT2D eigenvalue weighted by Crippen LogP contribution is 2.20. The third kappa shape index (κ3) is 3.38. The fourth-order valence-corrected chi connectivity index (χ4v) is 2.48. The number of hydrogen-bond acceptors (Lipinski definition) is 4. The van der Waals surface area contributed by atoms with Crippen molar-refractivity contribution >= 4 is 33.5 Å². The van der Waals surface area contributed by atoms with Crippen LogP contribution in [0.3, 0.4) is 0 Å². The summed E-state index contributed by atoms with van der Waals surface area (Å²) in [6.45, 7) is 0. The average molecular weight is 309 g/mol. The molecule has 5 heteroatoms. The smallest absolute Gasteiger partial charge is 0.174 e. The summed E-state index contributed by atoms with van der Waals surface area (Å²) in [4.78, 5) is 20.0. The lowest BCUT2D eigenvalue weighted by molar-refractivity contribution is 0.102. The van der Waals surface area contributed by atoms with Gasteiger partial charge in [0.2, 0.25) is 0 Å². The highest BCUT2D eigenvalue weighted by molar-refractivity contribution is 9.10. The SMILES string of the molecule is O=C(CSc1cnccn1)c1ccccc1Br. The molecule has 2 aromatic rings. The highest BCUT2D eigenvalue weighted by atomic mass is 79.9. The highest BCUT2D eigenvalue weighted by Gasteiger charge is 2.09. The summed E-state index contributed by atoms with van der Waals surface area (Å²) in [7, 11) is 0. The van der Waals surface area contributed by atoms with Gasteiger partial charge in [-0.2, -0.15) is 0 Å². The second-order valence-electron chi connectivity index (χ2n) is 3.24. The zero-order chi connectivity index (χ0) is 12.1. The number of aromatic nitrogens is 2. The number of thioether (sulfide) groups is 1. The van der Waals surface area contributed by atoms with E-state index in [4.69, 9.17) is 0 Å². The first-order valence-corrected chi connectivity index (χ1v) is 6.72. The van der Waals surface area contributed by atoms with Crippen molar-refractivity contribution in [1.29, 1.82) is 0 Å². The van der Waals surface area contributed by atoms with Crippen LogP contribution < -0.4 is 0 Å². The maximum atomic E-state index is 11.9. The number of ketones is 1. The summed E-state index contributed by atoms with van der Waals surface area (Å²) in [6.07, 6.45) is 4.88. The molecule has 0 saturated heterocycles. The summed E-state index contributed by atoms with van der Waals surface area (Å²) < 4.78 is 0.824. The Morgan fingerprint density at radius 2 is 2.12 bits per heavy atom. The fourth-order valence-electron chi connectivity index (χ4n) is 1.26. The monoisotopic (exact) mass is 308 g/mol. The van der Waals surface area contributed by atoms with E-state index < -0.39 is 0 Å². The number of hydrogen-bond donors (Lipinski definition) is 0. The first kappa shape index (κ1) is 12.3. The van der Waals surface area contributed by atoms with Crippen LogP contribution in [-0.4, -0.2) is 21.5 Å². The molecule has 1 aromatic heterocycles. The van der Waals surface area contributed by atoms with Gasteiger partial charge in [-0.05, 0) is 6.07 Å². The number of rotatable bonds is 4. The van der Waals surface area contributed by atoms with Crippen LogP contribution in [0.25, 0.3) is 0 Å². The van der Waals surface area contributed by atoms with Crippen LogP contribution in [0.1, 0.15) is 10.4 Å². The number of Topliss-reactive ketones (excluding diaryl/α,β-unsaturated/α-hetero) is 1. The molecule has 0 radical (unpaired) electrons. The largest absolute Gasteiger partial charge is 0.293 e. The Labute approximate surface area is 112 Å². The molecule has 0 N–H and O–H groups in total. The van der Waals surface area contributed by atoms with Gasteiger partial charge in [-0.3, -0.25) is 9.78 Å². The molecule has 2 rings (SSSR count). The third-order valence-corrected chi connectivity index (χ3v) is 3.67. The van der Waals surface area contributed by atoms with Gasteiger partial charge in [-0.15, -0.1) is 0 Å². The fraction of sp³-hybridized carbons (Fsp3) is 0.0833. The molecule has 0 atom stereocenters. The lowest BCUT2D eigenvalue weighted by atomic mass is 10.1. The topological polar surface area (TPSA) is 42.9 Å². The molecule has 0 unspecified atom stereocenters. The van der Waals surface area contributed by atoms with E-state index in [0.29, 0.717) is 11.3 Å². The summed E-state index contributed by atoms with van der Waals surface area (Å²) in [6, 6.07) is 7.41. The van der Waals surface area contributed by atoms with Gasteiger partial charge in [0.15, 0.2) is 5.78 Å². The average Bonchev–Trinajstić information content (AvgIpc) is 2.38. The van der Waals surface area contributed by atoms with Crippen molar-refractivity contribution in [2.24, 2.45) is 0 Å². The zero-order valence-electron chi connectivity index (χ0n) is 8.84. The number of benzene rings is 1. The summed E-state index contributed by atoms with van der Waals surface area (Å²) >= 11 is 4.75. The normalized spacial score (nSPS) is 10.2. The first-order valence-electron chi connectivity index (χ1n) is 4.94. The predicted molar refractivity (Wildman–Crippen MR) is 71.2 cm³/mol. The molecule has 1 aromatic carbocycles. The van der Waals surface area contributed by atoms with Crippen molar-refractivity contribution in [1.82, 2.24) is 9.97 Å². The quantitative estimate of drug-likeness (QED) is 0.642. The maximum absolute atomic E-state index is 11.9. The van der Waals surface area contributed by atoms with Gasteiger partial charge in [0.05, 0.1) is 11.9 Å². The Bertz CT molecular complexity index is 519. The summed E-state index contributed by atoms with van der Waals surface area (Å²) in [5.41, 5.74) is 0.698. The first-order chi connectivity index (χ1) is 8.27. The van der Waals surface area contributed by atoms with E-state index in [2.05, 4.69) is 25.9 Å². The molecule has 0 aliphatic heterocycles. The molecule has 0 saturated carbocycles. The van der Waals surface area contributed by atoms with Crippen LogP contribution in [0.5, 0.6) is 0 Å². The van der Waals surface area contributed by atoms with Crippen LogP contribution in [0.4, 0.5) is 0 Å². The van der Waals surface area contributed by atoms with Crippen LogP contribution >= 0.6 is 27.7 Å². The van der Waals surface area contributed by atoms with Crippen LogP contribution in [0.2, 0.25) is 0 Å². The van der Waals surface area contributed by atoms with Gasteiger partial charge in [-0.1, -0.05) is 45.9 Å². The van der Waals surface area contributed by atoms with Gasteiger partial charge < -0.3 is 0 Å². The van der Waals surface area contributed by atoms with Crippen molar-refractivity contribution in [3.05, 3.63) is 52.9 Å². The van der Waals surface area contributed by atoms with Crippen LogP contribution in [0.15, 0.2) is 52.4 Å². The Morgan fingerprint density at radius 1 is 1.29 bits per heavy atom. The van der Waals surface area contributed by atoms with Gasteiger partial charge in [0.25, 0.3) is 0 Å². The van der Waals surface area contributed by atoms with E-state index in [-0.39, 0.29) is 5.78 Å². The van der Waals surface area contributed by atoms with Crippen molar-refractivity contribution in [2.45, 2.75) is 5.03 Å². The molecule has 17 heavy (non-hydrogen) atoms. The zero-order valence-corrected chi connectivity index (χ0v) is 11.2. The van der Waals surface area contributed by atoms with E-state index >= 15 is 0 Å². The van der Waals surface area contributed by atoms with Gasteiger partial charge in [0, 0.05) is 22.4 Å². The lowest BCUT2D eigenvalue weighted by Gasteiger charge is -2.02. The van der Waals surface area contributed by atoms with Gasteiger partial charge >= 0.3 is 0 Å². The standard InChI is InChI=1S/C12H9BrN2OS/c13-10-4-2-1-3-9(10)11(16)8-17-12-7-14-5-6-15-12/h1-7H,8H2. The molecule has 3 nitrogen and oxygen atoms in total. The molecule has 0 aliphatic rings. The van der Waals surface area contributed by atoms with Crippen molar-refractivity contribution in [3.63, 3.8) is 0 Å². The third-order valence-electron chi connectivity index (χ3n) is 2.06. The summed E-state index contributed by atoms with van der Waals surface area (Å²) in [5.74, 6) is 0.439. The van der Waals surface area contributed by atoms with Gasteiger partial charge in [-0.25, -0.2) is 4.98 Å². The molecule has 0 bridgehead atoms. The molecule has 1 heterocycles. The van der Waals surface area contributed by atoms with E-state index in [1.54, 1.807) is 18.6 Å². The minimum atomic E-state index is 0.0770. The number of carbonyl (C=O) groups is 1. The molecule has 0 fully saturated rings. The Morgan fingerprint density at radius 3 is 2.82 bits per heavy atom. The second-order valence-corrected chi connectivity index (χ2v) is 5.09. The Balaban J connectivity index is 2.01. The molecule has 86 valence electrons. The van der Waals surface area contributed by atoms with Gasteiger partial charge in [0.1, 0.15) is 5.03 Å². The Kier molecular flexibility index (Phi) is 4.28. The van der Waals surface area contributed by atoms with E-state index in [0.717, 1.165) is 9.50 Å². The van der Waals surface area contributed by atoms with E-state index in [1.165, 1.54) is 11.8 Å². The van der Waals surface area contributed by atoms with Crippen molar-refractivity contribution in [3.8, 4) is 0 Å². The number of carbonyl (C=O) groups excluding carboxylic acids is 1. The number of halogens is 1. The predicted octanol–water partition coefficient (Wildman–Crippen LogP) is 3.21. The molecular weight excluding hydrogens is 300 g/mol. The minimum Gasteiger partial charge on any atom is -0.293 e. The second kappa shape index (κ2) is 5.93. The molecule has 0 amide bonds. The number of nitrogens with zero attached hydrogens (tertiary/aromatic N) is 2. The lowest BCUT2D eigenvalue weighted by Crippen LogP contribution is -2.03. The van der Waals surface area contributed by atoms with Crippen LogP contribution in [0, 0.1) is 0 Å². The molecule has 0 spiro atoms. The van der Waals surface area contributed by atoms with Crippen LogP contribution in [-0.2, 0) is 0 Å². The van der Waals surface area contributed by atoms with E-state index in [1.807, 2.05) is 24.3 Å². The summed E-state index contributed by atoms with van der Waals surface area (Å²) in [5, 5.41) is 0.757. The maximum Gasteiger partial charge on any atom is 0.174 e.